The van der Waals surface area contributed by atoms with E-state index in [-0.39, 0.29) is 11.9 Å². The number of aryl methyl sites for hydroxylation is 1. The van der Waals surface area contributed by atoms with Gasteiger partial charge in [-0.1, -0.05) is 27.2 Å². The Kier molecular flexibility index (Phi) is 7.60. The van der Waals surface area contributed by atoms with E-state index in [4.69, 9.17) is 4.74 Å². The fraction of sp³-hybridized carbons (Fsp3) is 0.647. The molecule has 2 nitrogen and oxygen atoms in total. The summed E-state index contributed by atoms with van der Waals surface area (Å²) < 4.78 is 19.4. The molecule has 0 aliphatic rings. The molecule has 0 amide bonds. The van der Waals surface area contributed by atoms with Crippen LogP contribution in [0.4, 0.5) is 4.39 Å². The molecule has 0 radical (unpaired) electrons. The van der Waals surface area contributed by atoms with E-state index < -0.39 is 0 Å². The van der Waals surface area contributed by atoms with Crippen molar-refractivity contribution >= 4 is 0 Å². The smallest absolute Gasteiger partial charge is 0.126 e. The molecule has 2 atom stereocenters. The quantitative estimate of drug-likeness (QED) is 0.721. The Morgan fingerprint density at radius 3 is 2.50 bits per heavy atom. The van der Waals surface area contributed by atoms with E-state index in [9.17, 15) is 4.39 Å². The lowest BCUT2D eigenvalue weighted by atomic mass is 10.0. The van der Waals surface area contributed by atoms with Crippen LogP contribution in [-0.4, -0.2) is 18.7 Å². The second-order valence-corrected chi connectivity index (χ2v) is 5.32. The summed E-state index contributed by atoms with van der Waals surface area (Å²) in [7, 11) is 0. The minimum absolute atomic E-state index is 0.131. The van der Waals surface area contributed by atoms with Crippen molar-refractivity contribution in [2.45, 2.75) is 65.5 Å². The molecule has 0 saturated carbocycles. The van der Waals surface area contributed by atoms with Crippen molar-refractivity contribution < 1.29 is 9.13 Å². The van der Waals surface area contributed by atoms with Gasteiger partial charge in [0.05, 0.1) is 0 Å². The van der Waals surface area contributed by atoms with Crippen molar-refractivity contribution in [1.82, 2.24) is 5.32 Å². The topological polar surface area (TPSA) is 21.3 Å². The van der Waals surface area contributed by atoms with Gasteiger partial charge in [0.25, 0.3) is 0 Å². The van der Waals surface area contributed by atoms with Gasteiger partial charge in [0.15, 0.2) is 0 Å². The van der Waals surface area contributed by atoms with E-state index in [2.05, 4.69) is 26.1 Å². The van der Waals surface area contributed by atoms with Gasteiger partial charge >= 0.3 is 0 Å². The van der Waals surface area contributed by atoms with Gasteiger partial charge in [-0.15, -0.1) is 0 Å². The van der Waals surface area contributed by atoms with Crippen LogP contribution in [0.25, 0.3) is 0 Å². The molecule has 0 bridgehead atoms. The van der Waals surface area contributed by atoms with Crippen molar-refractivity contribution in [1.29, 1.82) is 0 Å². The normalized spacial score (nSPS) is 14.1. The summed E-state index contributed by atoms with van der Waals surface area (Å²) in [5.74, 6) is 0.578. The molecular formula is C17H28FNO. The first kappa shape index (κ1) is 17.0. The number of hydrogen-bond donors (Lipinski definition) is 1. The van der Waals surface area contributed by atoms with E-state index in [1.807, 2.05) is 0 Å². The predicted octanol–water partition coefficient (Wildman–Crippen LogP) is 4.46. The van der Waals surface area contributed by atoms with Gasteiger partial charge in [-0.2, -0.15) is 0 Å². The third-order valence-electron chi connectivity index (χ3n) is 3.52. The van der Waals surface area contributed by atoms with Crippen molar-refractivity contribution in [3.63, 3.8) is 0 Å². The van der Waals surface area contributed by atoms with Gasteiger partial charge in [-0.05, 0) is 56.5 Å². The van der Waals surface area contributed by atoms with Crippen molar-refractivity contribution in [3.05, 3.63) is 29.6 Å². The number of rotatable bonds is 9. The maximum Gasteiger partial charge on any atom is 0.126 e. The van der Waals surface area contributed by atoms with Crippen LogP contribution in [0.15, 0.2) is 18.2 Å². The van der Waals surface area contributed by atoms with Crippen molar-refractivity contribution in [2.24, 2.45) is 0 Å². The summed E-state index contributed by atoms with van der Waals surface area (Å²) in [6, 6.07) is 5.33. The molecule has 0 heterocycles. The molecule has 0 fully saturated rings. The molecule has 1 aromatic rings. The first-order valence-corrected chi connectivity index (χ1v) is 7.78. The standard InChI is InChI=1S/C17H28FNO/c1-5-8-16(19-11-6-2)17(7-3)20-14-9-10-15(18)13(4)12-14/h9-10,12,16-17,19H,5-8,11H2,1-4H3. The van der Waals surface area contributed by atoms with Gasteiger partial charge in [0.2, 0.25) is 0 Å². The Labute approximate surface area is 122 Å². The fourth-order valence-corrected chi connectivity index (χ4v) is 2.38. The molecule has 0 saturated heterocycles. The Morgan fingerprint density at radius 1 is 1.20 bits per heavy atom. The first-order chi connectivity index (χ1) is 9.62. The van der Waals surface area contributed by atoms with E-state index in [0.29, 0.717) is 11.6 Å². The van der Waals surface area contributed by atoms with Crippen LogP contribution in [0.3, 0.4) is 0 Å². The van der Waals surface area contributed by atoms with Crippen molar-refractivity contribution in [3.8, 4) is 5.75 Å². The van der Waals surface area contributed by atoms with E-state index in [0.717, 1.165) is 38.0 Å². The largest absolute Gasteiger partial charge is 0.489 e. The Balaban J connectivity index is 2.73. The first-order valence-electron chi connectivity index (χ1n) is 7.78. The van der Waals surface area contributed by atoms with E-state index >= 15 is 0 Å². The van der Waals surface area contributed by atoms with Crippen LogP contribution in [0.1, 0.15) is 52.0 Å². The summed E-state index contributed by atoms with van der Waals surface area (Å²) in [6.07, 6.45) is 4.42. The van der Waals surface area contributed by atoms with Gasteiger partial charge < -0.3 is 10.1 Å². The van der Waals surface area contributed by atoms with Crippen LogP contribution >= 0.6 is 0 Å². The minimum Gasteiger partial charge on any atom is -0.489 e. The number of halogens is 1. The van der Waals surface area contributed by atoms with Gasteiger partial charge in [0.1, 0.15) is 17.7 Å². The number of ether oxygens (including phenoxy) is 1. The maximum absolute atomic E-state index is 13.3. The Bertz CT molecular complexity index is 395. The lowest BCUT2D eigenvalue weighted by Gasteiger charge is -2.28. The van der Waals surface area contributed by atoms with Crippen LogP contribution in [0.5, 0.6) is 5.75 Å². The highest BCUT2D eigenvalue weighted by Gasteiger charge is 2.20. The zero-order valence-corrected chi connectivity index (χ0v) is 13.2. The monoisotopic (exact) mass is 281 g/mol. The molecule has 114 valence electrons. The zero-order chi connectivity index (χ0) is 15.0. The third kappa shape index (κ3) is 5.12. The molecule has 3 heteroatoms. The zero-order valence-electron chi connectivity index (χ0n) is 13.2. The summed E-state index contributed by atoms with van der Waals surface area (Å²) in [4.78, 5) is 0. The summed E-state index contributed by atoms with van der Waals surface area (Å²) >= 11 is 0. The predicted molar refractivity (Wildman–Crippen MR) is 82.8 cm³/mol. The summed E-state index contributed by atoms with van der Waals surface area (Å²) in [5.41, 5.74) is 0.630. The second-order valence-electron chi connectivity index (χ2n) is 5.32. The molecule has 20 heavy (non-hydrogen) atoms. The Hall–Kier alpha value is -1.09. The highest BCUT2D eigenvalue weighted by Crippen LogP contribution is 2.20. The summed E-state index contributed by atoms with van der Waals surface area (Å²) in [5, 5.41) is 3.57. The molecule has 0 aromatic heterocycles. The number of nitrogens with one attached hydrogen (secondary N) is 1. The molecule has 0 aliphatic heterocycles. The molecule has 2 unspecified atom stereocenters. The molecule has 1 rings (SSSR count). The number of benzene rings is 1. The van der Waals surface area contributed by atoms with Gasteiger partial charge in [0, 0.05) is 6.04 Å². The average molecular weight is 281 g/mol. The number of hydrogen-bond acceptors (Lipinski definition) is 2. The van der Waals surface area contributed by atoms with Crippen LogP contribution < -0.4 is 10.1 Å². The van der Waals surface area contributed by atoms with Crippen LogP contribution in [0, 0.1) is 12.7 Å². The lowest BCUT2D eigenvalue weighted by Crippen LogP contribution is -2.43. The van der Waals surface area contributed by atoms with Crippen LogP contribution in [-0.2, 0) is 0 Å². The maximum atomic E-state index is 13.3. The average Bonchev–Trinajstić information content (AvgIpc) is 2.45. The highest BCUT2D eigenvalue weighted by molar-refractivity contribution is 5.29. The molecule has 0 aliphatic carbocycles. The minimum atomic E-state index is -0.181. The SMILES string of the molecule is CCCNC(CCC)C(CC)Oc1ccc(F)c(C)c1. The van der Waals surface area contributed by atoms with Gasteiger partial charge in [-0.25, -0.2) is 4.39 Å². The summed E-state index contributed by atoms with van der Waals surface area (Å²) in [6.45, 7) is 9.27. The Morgan fingerprint density at radius 2 is 1.95 bits per heavy atom. The van der Waals surface area contributed by atoms with E-state index in [1.165, 1.54) is 6.07 Å². The molecular weight excluding hydrogens is 253 g/mol. The second kappa shape index (κ2) is 8.96. The van der Waals surface area contributed by atoms with E-state index in [1.54, 1.807) is 19.1 Å². The fourth-order valence-electron chi connectivity index (χ4n) is 2.38. The van der Waals surface area contributed by atoms with Gasteiger partial charge in [-0.3, -0.25) is 0 Å². The molecule has 1 N–H and O–H groups in total. The highest BCUT2D eigenvalue weighted by atomic mass is 19.1. The van der Waals surface area contributed by atoms with Crippen molar-refractivity contribution in [2.75, 3.05) is 6.54 Å². The molecule has 0 spiro atoms. The van der Waals surface area contributed by atoms with Crippen LogP contribution in [0.2, 0.25) is 0 Å². The molecule has 1 aromatic carbocycles. The third-order valence-corrected chi connectivity index (χ3v) is 3.52. The lowest BCUT2D eigenvalue weighted by molar-refractivity contribution is 0.142.